The van der Waals surface area contributed by atoms with E-state index in [1.165, 1.54) is 11.3 Å². The van der Waals surface area contributed by atoms with Crippen LogP contribution in [-0.4, -0.2) is 53.0 Å². The molecule has 23 heavy (non-hydrogen) atoms. The zero-order valence-electron chi connectivity index (χ0n) is 12.4. The largest absolute Gasteiger partial charge is 0.478 e. The number of carbonyl (C=O) groups excluding carboxylic acids is 1. The molecule has 1 saturated carbocycles. The van der Waals surface area contributed by atoms with E-state index in [9.17, 15) is 14.7 Å². The number of hydrogen-bond donors (Lipinski definition) is 2. The summed E-state index contributed by atoms with van der Waals surface area (Å²) in [5, 5.41) is 14.8. The van der Waals surface area contributed by atoms with Crippen molar-refractivity contribution in [1.82, 2.24) is 15.3 Å². The molecule has 1 aliphatic heterocycles. The monoisotopic (exact) mass is 332 g/mol. The smallest absolute Gasteiger partial charge is 0.337 e. The van der Waals surface area contributed by atoms with Gasteiger partial charge in [0.25, 0.3) is 0 Å². The number of nitrogens with one attached hydrogen (secondary N) is 1. The lowest BCUT2D eigenvalue weighted by Gasteiger charge is -2.29. The fourth-order valence-corrected chi connectivity index (χ4v) is 3.73. The van der Waals surface area contributed by atoms with Gasteiger partial charge in [0.15, 0.2) is 5.82 Å². The average molecular weight is 332 g/mol. The fourth-order valence-electron chi connectivity index (χ4n) is 2.82. The number of ketones is 1. The number of carboxylic acid groups (broad SMARTS) is 1. The SMILES string of the molecule is O=C(O)c1csc2nc(C(=O)C3CC3)nc(N3CCNCC3)c12. The first-order valence-corrected chi connectivity index (χ1v) is 8.55. The van der Waals surface area contributed by atoms with Crippen LogP contribution < -0.4 is 10.2 Å². The molecule has 1 saturated heterocycles. The van der Waals surface area contributed by atoms with Crippen molar-refractivity contribution in [2.75, 3.05) is 31.1 Å². The van der Waals surface area contributed by atoms with E-state index < -0.39 is 5.97 Å². The van der Waals surface area contributed by atoms with Crippen LogP contribution >= 0.6 is 11.3 Å². The normalized spacial score (nSPS) is 18.3. The maximum absolute atomic E-state index is 12.4. The molecule has 0 unspecified atom stereocenters. The van der Waals surface area contributed by atoms with Gasteiger partial charge in [-0.3, -0.25) is 4.79 Å². The Bertz CT molecular complexity index is 793. The molecular weight excluding hydrogens is 316 g/mol. The quantitative estimate of drug-likeness (QED) is 0.817. The number of nitrogens with zero attached hydrogens (tertiary/aromatic N) is 3. The van der Waals surface area contributed by atoms with Crippen LogP contribution in [0.4, 0.5) is 5.82 Å². The molecule has 0 spiro atoms. The Morgan fingerprint density at radius 2 is 2.00 bits per heavy atom. The van der Waals surface area contributed by atoms with Crippen LogP contribution in [0.15, 0.2) is 5.38 Å². The number of Topliss-reactive ketones (excluding diaryl/α,β-unsaturated/α-hetero) is 1. The Hall–Kier alpha value is -2.06. The van der Waals surface area contributed by atoms with Crippen LogP contribution in [0, 0.1) is 5.92 Å². The van der Waals surface area contributed by atoms with E-state index in [0.717, 1.165) is 39.0 Å². The van der Waals surface area contributed by atoms with Crippen molar-refractivity contribution in [1.29, 1.82) is 0 Å². The molecule has 0 atom stereocenters. The second-order valence-electron chi connectivity index (χ2n) is 5.88. The molecule has 2 aliphatic rings. The minimum absolute atomic E-state index is 0.0199. The average Bonchev–Trinajstić information content (AvgIpc) is 3.32. The lowest BCUT2D eigenvalue weighted by atomic mass is 10.2. The highest BCUT2D eigenvalue weighted by Gasteiger charge is 2.34. The van der Waals surface area contributed by atoms with Gasteiger partial charge < -0.3 is 15.3 Å². The van der Waals surface area contributed by atoms with Crippen molar-refractivity contribution in [3.63, 3.8) is 0 Å². The summed E-state index contributed by atoms with van der Waals surface area (Å²) in [4.78, 5) is 35.3. The molecule has 4 rings (SSSR count). The Balaban J connectivity index is 1.88. The van der Waals surface area contributed by atoms with Crippen molar-refractivity contribution >= 4 is 39.1 Å². The molecule has 0 bridgehead atoms. The first-order valence-electron chi connectivity index (χ1n) is 7.67. The highest BCUT2D eigenvalue weighted by Crippen LogP contribution is 2.36. The standard InChI is InChI=1S/C15H16N4O3S/c20-11(8-1-2-8)12-17-13(19-5-3-16-4-6-19)10-9(15(21)22)7-23-14(10)18-12/h7-8,16H,1-6H2,(H,21,22). The van der Waals surface area contributed by atoms with Gasteiger partial charge in [0.05, 0.1) is 10.9 Å². The summed E-state index contributed by atoms with van der Waals surface area (Å²) < 4.78 is 0. The van der Waals surface area contributed by atoms with Crippen molar-refractivity contribution in [2.24, 2.45) is 5.92 Å². The summed E-state index contributed by atoms with van der Waals surface area (Å²) in [5.74, 6) is -0.153. The molecule has 3 heterocycles. The summed E-state index contributed by atoms with van der Waals surface area (Å²) in [5.41, 5.74) is 0.212. The summed E-state index contributed by atoms with van der Waals surface area (Å²) in [6.07, 6.45) is 1.79. The topological polar surface area (TPSA) is 95.4 Å². The lowest BCUT2D eigenvalue weighted by molar-refractivity contribution is 0.0699. The summed E-state index contributed by atoms with van der Waals surface area (Å²) in [6.45, 7) is 3.09. The van der Waals surface area contributed by atoms with Gasteiger partial charge >= 0.3 is 5.97 Å². The number of hydrogen-bond acceptors (Lipinski definition) is 7. The number of rotatable bonds is 4. The summed E-state index contributed by atoms with van der Waals surface area (Å²) >= 11 is 1.26. The van der Waals surface area contributed by atoms with E-state index in [-0.39, 0.29) is 23.1 Å². The Morgan fingerprint density at radius 1 is 1.26 bits per heavy atom. The molecule has 0 amide bonds. The maximum Gasteiger partial charge on any atom is 0.337 e. The van der Waals surface area contributed by atoms with Crippen LogP contribution in [0.1, 0.15) is 33.8 Å². The molecule has 2 aromatic heterocycles. The number of carbonyl (C=O) groups is 2. The highest BCUT2D eigenvalue weighted by atomic mass is 32.1. The van der Waals surface area contributed by atoms with Gasteiger partial charge in [0.2, 0.25) is 5.78 Å². The zero-order chi connectivity index (χ0) is 16.0. The van der Waals surface area contributed by atoms with Gasteiger partial charge in [-0.05, 0) is 12.8 Å². The molecule has 2 fully saturated rings. The second kappa shape index (κ2) is 5.54. The van der Waals surface area contributed by atoms with Gasteiger partial charge in [0, 0.05) is 37.5 Å². The Kier molecular flexibility index (Phi) is 3.50. The van der Waals surface area contributed by atoms with Gasteiger partial charge in [-0.2, -0.15) is 0 Å². The highest BCUT2D eigenvalue weighted by molar-refractivity contribution is 7.17. The lowest BCUT2D eigenvalue weighted by Crippen LogP contribution is -2.44. The molecule has 0 aromatic carbocycles. The van der Waals surface area contributed by atoms with Crippen LogP contribution in [0.5, 0.6) is 0 Å². The number of carboxylic acids is 1. The number of anilines is 1. The zero-order valence-corrected chi connectivity index (χ0v) is 13.2. The predicted octanol–water partition coefficient (Wildman–Crippen LogP) is 1.39. The van der Waals surface area contributed by atoms with E-state index in [2.05, 4.69) is 15.3 Å². The van der Waals surface area contributed by atoms with Crippen molar-refractivity contribution in [3.05, 3.63) is 16.8 Å². The molecule has 7 nitrogen and oxygen atoms in total. The van der Waals surface area contributed by atoms with E-state index in [1.807, 2.05) is 4.90 Å². The Morgan fingerprint density at radius 3 is 2.65 bits per heavy atom. The van der Waals surface area contributed by atoms with Crippen LogP contribution in [0.2, 0.25) is 0 Å². The number of aromatic carboxylic acids is 1. The minimum atomic E-state index is -0.988. The summed E-state index contributed by atoms with van der Waals surface area (Å²) in [6, 6.07) is 0. The minimum Gasteiger partial charge on any atom is -0.478 e. The molecule has 2 N–H and O–H groups in total. The first-order chi connectivity index (χ1) is 11.1. The van der Waals surface area contributed by atoms with E-state index >= 15 is 0 Å². The third-order valence-electron chi connectivity index (χ3n) is 4.23. The number of aromatic nitrogens is 2. The molecule has 2 aromatic rings. The number of piperazine rings is 1. The van der Waals surface area contributed by atoms with Crippen LogP contribution in [0.25, 0.3) is 10.2 Å². The molecule has 0 radical (unpaired) electrons. The summed E-state index contributed by atoms with van der Waals surface area (Å²) in [7, 11) is 0. The third-order valence-corrected chi connectivity index (χ3v) is 5.10. The second-order valence-corrected chi connectivity index (χ2v) is 6.74. The molecule has 1 aliphatic carbocycles. The van der Waals surface area contributed by atoms with Crippen LogP contribution in [-0.2, 0) is 0 Å². The van der Waals surface area contributed by atoms with E-state index in [0.29, 0.717) is 16.0 Å². The van der Waals surface area contributed by atoms with Gasteiger partial charge in [-0.15, -0.1) is 11.3 Å². The maximum atomic E-state index is 12.4. The van der Waals surface area contributed by atoms with Crippen LogP contribution in [0.3, 0.4) is 0 Å². The molecule has 120 valence electrons. The number of fused-ring (bicyclic) bond motifs is 1. The first kappa shape index (κ1) is 14.5. The van der Waals surface area contributed by atoms with Gasteiger partial charge in [0.1, 0.15) is 10.6 Å². The van der Waals surface area contributed by atoms with Gasteiger partial charge in [-0.25, -0.2) is 14.8 Å². The predicted molar refractivity (Wildman–Crippen MR) is 86.5 cm³/mol. The number of thiophene rings is 1. The van der Waals surface area contributed by atoms with E-state index in [1.54, 1.807) is 5.38 Å². The van der Waals surface area contributed by atoms with Gasteiger partial charge in [-0.1, -0.05) is 0 Å². The fraction of sp³-hybridized carbons (Fsp3) is 0.467. The van der Waals surface area contributed by atoms with Crippen molar-refractivity contribution in [3.8, 4) is 0 Å². The van der Waals surface area contributed by atoms with E-state index in [4.69, 9.17) is 0 Å². The molecular formula is C15H16N4O3S. The van der Waals surface area contributed by atoms with Crippen molar-refractivity contribution in [2.45, 2.75) is 12.8 Å². The Labute approximate surface area is 136 Å². The van der Waals surface area contributed by atoms with Crippen molar-refractivity contribution < 1.29 is 14.7 Å². The third kappa shape index (κ3) is 2.57. The molecule has 8 heteroatoms.